The van der Waals surface area contributed by atoms with E-state index < -0.39 is 15.8 Å². The number of nitrogens with zero attached hydrogens (tertiary/aromatic N) is 2. The molecule has 9 heteroatoms. The van der Waals surface area contributed by atoms with Gasteiger partial charge in [-0.15, -0.1) is 0 Å². The summed E-state index contributed by atoms with van der Waals surface area (Å²) in [5, 5.41) is 8.74. The Morgan fingerprint density at radius 1 is 1.33 bits per heavy atom. The van der Waals surface area contributed by atoms with Crippen LogP contribution in [0.4, 0.5) is 15.9 Å². The number of rotatable bonds is 4. The van der Waals surface area contributed by atoms with Gasteiger partial charge < -0.3 is 5.43 Å². The second kappa shape index (κ2) is 5.74. The lowest BCUT2D eigenvalue weighted by Gasteiger charge is -2.11. The molecule has 0 atom stereocenters. The Labute approximate surface area is 120 Å². The zero-order valence-corrected chi connectivity index (χ0v) is 11.4. The number of anilines is 2. The van der Waals surface area contributed by atoms with E-state index in [4.69, 9.17) is 11.1 Å². The van der Waals surface area contributed by atoms with Crippen LogP contribution in [0.15, 0.2) is 41.4 Å². The Bertz CT molecular complexity index is 817. The molecule has 0 amide bonds. The number of nitrogens with one attached hydrogen (secondary N) is 2. The van der Waals surface area contributed by atoms with Crippen LogP contribution in [-0.4, -0.2) is 13.4 Å². The zero-order valence-electron chi connectivity index (χ0n) is 10.5. The van der Waals surface area contributed by atoms with Crippen molar-refractivity contribution < 1.29 is 12.8 Å². The van der Waals surface area contributed by atoms with Crippen LogP contribution >= 0.6 is 0 Å². The van der Waals surface area contributed by atoms with Crippen LogP contribution in [0.5, 0.6) is 0 Å². The predicted octanol–water partition coefficient (Wildman–Crippen LogP) is 1.18. The highest BCUT2D eigenvalue weighted by Gasteiger charge is 2.19. The van der Waals surface area contributed by atoms with Crippen LogP contribution in [0, 0.1) is 17.1 Å². The Hall–Kier alpha value is -2.70. The van der Waals surface area contributed by atoms with Gasteiger partial charge in [0, 0.05) is 6.20 Å². The number of nitrogens with two attached hydrogens (primary N) is 1. The van der Waals surface area contributed by atoms with Gasteiger partial charge in [-0.2, -0.15) is 5.26 Å². The van der Waals surface area contributed by atoms with Crippen LogP contribution in [0.3, 0.4) is 0 Å². The number of hydrogen-bond donors (Lipinski definition) is 3. The van der Waals surface area contributed by atoms with E-state index in [9.17, 15) is 12.8 Å². The molecular weight excluding hydrogens is 297 g/mol. The molecule has 108 valence electrons. The van der Waals surface area contributed by atoms with E-state index in [1.165, 1.54) is 24.4 Å². The number of halogens is 1. The average Bonchev–Trinajstić information content (AvgIpc) is 2.49. The van der Waals surface area contributed by atoms with Gasteiger partial charge in [-0.25, -0.2) is 23.6 Å². The lowest BCUT2D eigenvalue weighted by Crippen LogP contribution is -2.18. The third kappa shape index (κ3) is 3.07. The molecule has 7 nitrogen and oxygen atoms in total. The van der Waals surface area contributed by atoms with Crippen LogP contribution in [0.25, 0.3) is 0 Å². The lowest BCUT2D eigenvalue weighted by atomic mass is 10.2. The van der Waals surface area contributed by atoms with Crippen molar-refractivity contribution >= 4 is 21.5 Å². The summed E-state index contributed by atoms with van der Waals surface area (Å²) in [6.45, 7) is 0. The largest absolute Gasteiger partial charge is 0.307 e. The summed E-state index contributed by atoms with van der Waals surface area (Å²) in [4.78, 5) is 3.61. The fourth-order valence-electron chi connectivity index (χ4n) is 1.60. The Balaban J connectivity index is 2.40. The molecule has 0 aliphatic heterocycles. The van der Waals surface area contributed by atoms with Crippen molar-refractivity contribution in [2.24, 2.45) is 5.84 Å². The summed E-state index contributed by atoms with van der Waals surface area (Å²) in [6, 6.07) is 7.67. The maximum absolute atomic E-state index is 13.2. The van der Waals surface area contributed by atoms with Crippen LogP contribution in [0.2, 0.25) is 0 Å². The number of hydrogen-bond acceptors (Lipinski definition) is 6. The standard InChI is InChI=1S/C12H10FN5O2S/c13-10-4-3-9(6-8(10)7-14)18-21(19,20)11-2-1-5-16-12(11)17-15/h1-6,18H,15H2,(H,16,17). The molecular formula is C12H10FN5O2S. The summed E-state index contributed by atoms with van der Waals surface area (Å²) in [6.07, 6.45) is 1.37. The molecule has 0 fully saturated rings. The Morgan fingerprint density at radius 2 is 2.10 bits per heavy atom. The number of pyridine rings is 1. The number of sulfonamides is 1. The molecule has 0 radical (unpaired) electrons. The molecule has 21 heavy (non-hydrogen) atoms. The average molecular weight is 307 g/mol. The molecule has 4 N–H and O–H groups in total. The number of nitriles is 1. The number of nitrogen functional groups attached to an aromatic ring is 1. The van der Waals surface area contributed by atoms with Gasteiger partial charge >= 0.3 is 0 Å². The van der Waals surface area contributed by atoms with Gasteiger partial charge in [0.25, 0.3) is 10.0 Å². The molecule has 1 heterocycles. The minimum Gasteiger partial charge on any atom is -0.307 e. The van der Waals surface area contributed by atoms with Crippen LogP contribution in [-0.2, 0) is 10.0 Å². The quantitative estimate of drug-likeness (QED) is 0.576. The molecule has 0 spiro atoms. The third-order valence-corrected chi connectivity index (χ3v) is 3.95. The highest BCUT2D eigenvalue weighted by Crippen LogP contribution is 2.22. The van der Waals surface area contributed by atoms with Crippen molar-refractivity contribution in [3.63, 3.8) is 0 Å². The molecule has 0 aliphatic rings. The predicted molar refractivity (Wildman–Crippen MR) is 74.0 cm³/mol. The normalized spacial score (nSPS) is 10.7. The highest BCUT2D eigenvalue weighted by molar-refractivity contribution is 7.92. The van der Waals surface area contributed by atoms with Gasteiger partial charge in [0.2, 0.25) is 0 Å². The van der Waals surface area contributed by atoms with Gasteiger partial charge in [-0.1, -0.05) is 0 Å². The topological polar surface area (TPSA) is 121 Å². The molecule has 1 aromatic heterocycles. The fourth-order valence-corrected chi connectivity index (χ4v) is 2.77. The highest BCUT2D eigenvalue weighted by atomic mass is 32.2. The van der Waals surface area contributed by atoms with Crippen molar-refractivity contribution in [3.05, 3.63) is 47.9 Å². The molecule has 0 saturated carbocycles. The van der Waals surface area contributed by atoms with E-state index in [0.29, 0.717) is 0 Å². The van der Waals surface area contributed by atoms with Gasteiger partial charge in [0.15, 0.2) is 5.82 Å². The Morgan fingerprint density at radius 3 is 2.76 bits per heavy atom. The van der Waals surface area contributed by atoms with Crippen molar-refractivity contribution in [1.29, 1.82) is 5.26 Å². The van der Waals surface area contributed by atoms with Gasteiger partial charge in [-0.3, -0.25) is 4.72 Å². The number of benzene rings is 1. The fraction of sp³-hybridized carbons (Fsp3) is 0. The van der Waals surface area contributed by atoms with Gasteiger partial charge in [-0.05, 0) is 30.3 Å². The SMILES string of the molecule is N#Cc1cc(NS(=O)(=O)c2cccnc2NN)ccc1F. The summed E-state index contributed by atoms with van der Waals surface area (Å²) < 4.78 is 39.9. The van der Waals surface area contributed by atoms with E-state index in [2.05, 4.69) is 15.1 Å². The summed E-state index contributed by atoms with van der Waals surface area (Å²) >= 11 is 0. The van der Waals surface area contributed by atoms with Crippen molar-refractivity contribution in [2.75, 3.05) is 10.1 Å². The molecule has 2 rings (SSSR count). The lowest BCUT2D eigenvalue weighted by molar-refractivity contribution is 0.601. The maximum atomic E-state index is 13.2. The first-order valence-electron chi connectivity index (χ1n) is 5.62. The van der Waals surface area contributed by atoms with Gasteiger partial charge in [0.1, 0.15) is 16.8 Å². The third-order valence-electron chi connectivity index (χ3n) is 2.54. The summed E-state index contributed by atoms with van der Waals surface area (Å²) in [5.74, 6) is 4.44. The van der Waals surface area contributed by atoms with Crippen molar-refractivity contribution in [3.8, 4) is 6.07 Å². The first kappa shape index (κ1) is 14.7. The van der Waals surface area contributed by atoms with Crippen LogP contribution in [0.1, 0.15) is 5.56 Å². The van der Waals surface area contributed by atoms with Gasteiger partial charge in [0.05, 0.1) is 11.3 Å². The number of aromatic nitrogens is 1. The van der Waals surface area contributed by atoms with E-state index in [0.717, 1.165) is 12.1 Å². The smallest absolute Gasteiger partial charge is 0.265 e. The zero-order chi connectivity index (χ0) is 15.5. The molecule has 0 saturated heterocycles. The monoisotopic (exact) mass is 307 g/mol. The van der Waals surface area contributed by atoms with Crippen molar-refractivity contribution in [1.82, 2.24) is 4.98 Å². The first-order valence-corrected chi connectivity index (χ1v) is 7.10. The van der Waals surface area contributed by atoms with E-state index in [1.54, 1.807) is 6.07 Å². The first-order chi connectivity index (χ1) is 9.97. The molecule has 1 aromatic carbocycles. The second-order valence-electron chi connectivity index (χ2n) is 3.91. The minimum atomic E-state index is -3.98. The Kier molecular flexibility index (Phi) is 4.02. The van der Waals surface area contributed by atoms with E-state index >= 15 is 0 Å². The van der Waals surface area contributed by atoms with E-state index in [-0.39, 0.29) is 22.0 Å². The number of hydrazine groups is 1. The van der Waals surface area contributed by atoms with Crippen molar-refractivity contribution in [2.45, 2.75) is 4.90 Å². The van der Waals surface area contributed by atoms with E-state index in [1.807, 2.05) is 0 Å². The maximum Gasteiger partial charge on any atom is 0.265 e. The molecule has 0 aliphatic carbocycles. The summed E-state index contributed by atoms with van der Waals surface area (Å²) in [5.41, 5.74) is 1.97. The molecule has 0 bridgehead atoms. The summed E-state index contributed by atoms with van der Waals surface area (Å²) in [7, 11) is -3.98. The second-order valence-corrected chi connectivity index (χ2v) is 5.56. The molecule has 2 aromatic rings. The molecule has 0 unspecified atom stereocenters. The minimum absolute atomic E-state index is 0.0346. The van der Waals surface area contributed by atoms with Crippen LogP contribution < -0.4 is 16.0 Å².